The largest absolute Gasteiger partial charge is 0.872 e. The maximum atomic E-state index is 11.8. The molecule has 0 fully saturated rings. The molecule has 0 aliphatic rings. The Kier molecular flexibility index (Phi) is 5.52. The third-order valence-electron chi connectivity index (χ3n) is 3.70. The van der Waals surface area contributed by atoms with Gasteiger partial charge in [-0.3, -0.25) is 15.1 Å². The fourth-order valence-corrected chi connectivity index (χ4v) is 2.47. The highest BCUT2D eigenvalue weighted by Gasteiger charge is 2.08. The van der Waals surface area contributed by atoms with E-state index in [4.69, 9.17) is 0 Å². The van der Waals surface area contributed by atoms with Crippen molar-refractivity contribution in [2.24, 2.45) is 4.99 Å². The smallest absolute Gasteiger partial charge is 0.270 e. The molecule has 0 spiro atoms. The third kappa shape index (κ3) is 4.10. The Morgan fingerprint density at radius 2 is 1.88 bits per heavy atom. The Labute approximate surface area is 141 Å². The molecule has 0 radical (unpaired) electrons. The van der Waals surface area contributed by atoms with Crippen molar-refractivity contribution in [3.8, 4) is 5.75 Å². The first kappa shape index (κ1) is 17.5. The van der Waals surface area contributed by atoms with Crippen LogP contribution in [0.5, 0.6) is 5.75 Å². The van der Waals surface area contributed by atoms with Crippen molar-refractivity contribution in [2.75, 3.05) is 11.4 Å². The molecule has 126 valence electrons. The number of nitro benzene ring substituents is 1. The molecule has 6 nitrogen and oxygen atoms in total. The minimum atomic E-state index is -0.531. The van der Waals surface area contributed by atoms with E-state index in [1.54, 1.807) is 0 Å². The van der Waals surface area contributed by atoms with E-state index in [0.717, 1.165) is 12.2 Å². The van der Waals surface area contributed by atoms with Crippen LogP contribution in [0.2, 0.25) is 0 Å². The van der Waals surface area contributed by atoms with E-state index in [-0.39, 0.29) is 17.0 Å². The molecule has 0 saturated heterocycles. The number of hydrogen-bond donors (Lipinski definition) is 0. The lowest BCUT2D eigenvalue weighted by atomic mass is 10.2. The molecule has 0 saturated carbocycles. The summed E-state index contributed by atoms with van der Waals surface area (Å²) < 4.78 is 0. The van der Waals surface area contributed by atoms with Gasteiger partial charge in [-0.1, -0.05) is 11.8 Å². The monoisotopic (exact) mass is 326 g/mol. The predicted octanol–water partition coefficient (Wildman–Crippen LogP) is 3.65. The van der Waals surface area contributed by atoms with E-state index >= 15 is 0 Å². The van der Waals surface area contributed by atoms with Crippen LogP contribution < -0.4 is 10.0 Å². The Morgan fingerprint density at radius 1 is 1.21 bits per heavy atom. The standard InChI is InChI=1S/C18H21N3O3/c1-4-20(13(2)3)16-7-5-15(6-8-16)19-12-14-11-17(21(23)24)9-10-18(14)22/h5-13,22H,4H2,1-3H3/p-1. The zero-order valence-corrected chi connectivity index (χ0v) is 14.0. The molecule has 0 N–H and O–H groups in total. The maximum absolute atomic E-state index is 11.8. The van der Waals surface area contributed by atoms with Crippen LogP contribution in [0.1, 0.15) is 26.3 Å². The molecule has 0 atom stereocenters. The predicted molar refractivity (Wildman–Crippen MR) is 94.4 cm³/mol. The first-order chi connectivity index (χ1) is 11.4. The van der Waals surface area contributed by atoms with Crippen molar-refractivity contribution < 1.29 is 10.0 Å². The molecule has 0 heterocycles. The van der Waals surface area contributed by atoms with Gasteiger partial charge >= 0.3 is 0 Å². The van der Waals surface area contributed by atoms with Crippen molar-refractivity contribution in [2.45, 2.75) is 26.8 Å². The zero-order valence-electron chi connectivity index (χ0n) is 14.0. The van der Waals surface area contributed by atoms with Crippen LogP contribution in [0, 0.1) is 10.1 Å². The summed E-state index contributed by atoms with van der Waals surface area (Å²) in [6, 6.07) is 11.7. The molecule has 2 aromatic carbocycles. The zero-order chi connectivity index (χ0) is 17.7. The van der Waals surface area contributed by atoms with Crippen LogP contribution in [0.25, 0.3) is 0 Å². The third-order valence-corrected chi connectivity index (χ3v) is 3.70. The lowest BCUT2D eigenvalue weighted by Crippen LogP contribution is -2.30. The van der Waals surface area contributed by atoms with Gasteiger partial charge in [-0.25, -0.2) is 0 Å². The second-order valence-electron chi connectivity index (χ2n) is 5.63. The van der Waals surface area contributed by atoms with E-state index in [2.05, 4.69) is 30.7 Å². The van der Waals surface area contributed by atoms with Crippen LogP contribution in [0.4, 0.5) is 17.1 Å². The Hall–Kier alpha value is -2.89. The second-order valence-corrected chi connectivity index (χ2v) is 5.63. The van der Waals surface area contributed by atoms with Gasteiger partial charge in [-0.15, -0.1) is 0 Å². The van der Waals surface area contributed by atoms with E-state index < -0.39 is 4.92 Å². The molecule has 0 amide bonds. The van der Waals surface area contributed by atoms with E-state index in [0.29, 0.717) is 11.7 Å². The summed E-state index contributed by atoms with van der Waals surface area (Å²) in [5.41, 5.74) is 1.86. The van der Waals surface area contributed by atoms with Gasteiger partial charge in [0.15, 0.2) is 0 Å². The number of anilines is 1. The summed E-state index contributed by atoms with van der Waals surface area (Å²) in [6.07, 6.45) is 1.37. The molecule has 0 bridgehead atoms. The van der Waals surface area contributed by atoms with Gasteiger partial charge in [0.1, 0.15) is 0 Å². The van der Waals surface area contributed by atoms with Gasteiger partial charge in [-0.2, -0.15) is 0 Å². The summed E-state index contributed by atoms with van der Waals surface area (Å²) >= 11 is 0. The van der Waals surface area contributed by atoms with Gasteiger partial charge in [0.05, 0.1) is 10.6 Å². The highest BCUT2D eigenvalue weighted by atomic mass is 16.6. The number of rotatable bonds is 6. The quantitative estimate of drug-likeness (QED) is 0.461. The maximum Gasteiger partial charge on any atom is 0.270 e. The summed E-state index contributed by atoms with van der Waals surface area (Å²) in [5.74, 6) is -0.294. The van der Waals surface area contributed by atoms with Gasteiger partial charge in [0, 0.05) is 36.6 Å². The first-order valence-corrected chi connectivity index (χ1v) is 7.78. The van der Waals surface area contributed by atoms with Crippen molar-refractivity contribution >= 4 is 23.3 Å². The second kappa shape index (κ2) is 7.59. The molecule has 0 aromatic heterocycles. The Balaban J connectivity index is 2.21. The number of nitro groups is 1. The fraction of sp³-hybridized carbons (Fsp3) is 0.278. The lowest BCUT2D eigenvalue weighted by molar-refractivity contribution is -0.385. The van der Waals surface area contributed by atoms with Crippen molar-refractivity contribution in [3.63, 3.8) is 0 Å². The van der Waals surface area contributed by atoms with E-state index in [9.17, 15) is 15.2 Å². The molecule has 0 aliphatic heterocycles. The molecule has 0 unspecified atom stereocenters. The van der Waals surface area contributed by atoms with Crippen LogP contribution in [0.3, 0.4) is 0 Å². The minimum Gasteiger partial charge on any atom is -0.872 e. The topological polar surface area (TPSA) is 81.8 Å². The number of aliphatic imine (C=N–C) groups is 1. The number of non-ortho nitro benzene ring substituents is 1. The van der Waals surface area contributed by atoms with Crippen molar-refractivity contribution in [1.82, 2.24) is 0 Å². The summed E-state index contributed by atoms with van der Waals surface area (Å²) in [4.78, 5) is 16.7. The fourth-order valence-electron chi connectivity index (χ4n) is 2.47. The molecule has 2 rings (SSSR count). The average Bonchev–Trinajstić information content (AvgIpc) is 2.55. The van der Waals surface area contributed by atoms with Gasteiger partial charge in [0.2, 0.25) is 0 Å². The average molecular weight is 326 g/mol. The summed E-state index contributed by atoms with van der Waals surface area (Å²) in [7, 11) is 0. The van der Waals surface area contributed by atoms with E-state index in [1.165, 1.54) is 24.4 Å². The SMILES string of the molecule is CCN(c1ccc(N=Cc2cc([N+](=O)[O-])ccc2[O-])cc1)C(C)C. The highest BCUT2D eigenvalue weighted by molar-refractivity contribution is 5.86. The van der Waals surface area contributed by atoms with Crippen LogP contribution in [-0.4, -0.2) is 23.7 Å². The van der Waals surface area contributed by atoms with E-state index in [1.807, 2.05) is 24.3 Å². The summed E-state index contributed by atoms with van der Waals surface area (Å²) in [6.45, 7) is 7.28. The van der Waals surface area contributed by atoms with Crippen molar-refractivity contribution in [1.29, 1.82) is 0 Å². The number of hydrogen-bond acceptors (Lipinski definition) is 5. The normalized spacial score (nSPS) is 11.2. The molecule has 2 aromatic rings. The summed E-state index contributed by atoms with van der Waals surface area (Å²) in [5, 5.41) is 22.5. The molecule has 6 heteroatoms. The molecular formula is C18H20N3O3-. The van der Waals surface area contributed by atoms with Gasteiger partial charge in [-0.05, 0) is 50.6 Å². The highest BCUT2D eigenvalue weighted by Crippen LogP contribution is 2.23. The van der Waals surface area contributed by atoms with Crippen LogP contribution >= 0.6 is 0 Å². The van der Waals surface area contributed by atoms with Crippen LogP contribution in [-0.2, 0) is 0 Å². The Morgan fingerprint density at radius 3 is 2.42 bits per heavy atom. The first-order valence-electron chi connectivity index (χ1n) is 7.78. The van der Waals surface area contributed by atoms with Crippen LogP contribution in [0.15, 0.2) is 47.5 Å². The number of benzene rings is 2. The molecule has 24 heavy (non-hydrogen) atoms. The van der Waals surface area contributed by atoms with Gasteiger partial charge in [0.25, 0.3) is 5.69 Å². The molecular weight excluding hydrogens is 306 g/mol. The Bertz CT molecular complexity index is 740. The number of nitrogens with zero attached hydrogens (tertiary/aromatic N) is 3. The molecule has 0 aliphatic carbocycles. The van der Waals surface area contributed by atoms with Gasteiger partial charge < -0.3 is 10.0 Å². The lowest BCUT2D eigenvalue weighted by Gasteiger charge is -2.27. The van der Waals surface area contributed by atoms with Crippen molar-refractivity contribution in [3.05, 3.63) is 58.1 Å². The minimum absolute atomic E-state index is 0.123.